The highest BCUT2D eigenvalue weighted by molar-refractivity contribution is 5.78. The number of furan rings is 1. The van der Waals surface area contributed by atoms with Crippen molar-refractivity contribution in [2.24, 2.45) is 5.84 Å². The Hall–Kier alpha value is -2.17. The van der Waals surface area contributed by atoms with E-state index in [4.69, 9.17) is 10.3 Å². The summed E-state index contributed by atoms with van der Waals surface area (Å²) in [6.45, 7) is 0. The van der Waals surface area contributed by atoms with Gasteiger partial charge in [-0.1, -0.05) is 18.2 Å². The molecule has 0 saturated heterocycles. The molecule has 1 atom stereocenters. The number of benzene rings is 1. The molecule has 0 aliphatic heterocycles. The molecule has 0 radical (unpaired) electrons. The van der Waals surface area contributed by atoms with Crippen LogP contribution in [0.4, 0.5) is 0 Å². The average Bonchev–Trinajstić information content (AvgIpc) is 3.01. The zero-order valence-corrected chi connectivity index (χ0v) is 11.1. The summed E-state index contributed by atoms with van der Waals surface area (Å²) in [5.41, 5.74) is 5.01. The molecule has 4 nitrogen and oxygen atoms in total. The molecular weight excluding hydrogens is 250 g/mol. The Bertz CT molecular complexity index is 679. The van der Waals surface area contributed by atoms with E-state index in [-0.39, 0.29) is 6.04 Å². The van der Waals surface area contributed by atoms with Gasteiger partial charge in [-0.3, -0.25) is 16.3 Å². The number of aromatic nitrogens is 1. The first-order chi connectivity index (χ1) is 9.86. The van der Waals surface area contributed by atoms with Crippen molar-refractivity contribution in [3.63, 3.8) is 0 Å². The summed E-state index contributed by atoms with van der Waals surface area (Å²) >= 11 is 0. The van der Waals surface area contributed by atoms with Gasteiger partial charge in [-0.15, -0.1) is 0 Å². The Morgan fingerprint density at radius 1 is 1.20 bits per heavy atom. The van der Waals surface area contributed by atoms with Crippen molar-refractivity contribution >= 4 is 10.9 Å². The van der Waals surface area contributed by atoms with Gasteiger partial charge in [0.05, 0.1) is 11.8 Å². The van der Waals surface area contributed by atoms with Crippen LogP contribution in [-0.2, 0) is 6.42 Å². The standard InChI is InChI=1S/C16H17N3O/c17-19-15(8-7-14-4-2-10-20-14)13-6-5-12-3-1-9-18-16(12)11-13/h1-6,9-11,15,19H,7-8,17H2. The molecule has 0 amide bonds. The van der Waals surface area contributed by atoms with Crippen LogP contribution in [0.5, 0.6) is 0 Å². The lowest BCUT2D eigenvalue weighted by atomic mass is 10.0. The van der Waals surface area contributed by atoms with Crippen molar-refractivity contribution in [3.05, 3.63) is 66.2 Å². The van der Waals surface area contributed by atoms with Crippen LogP contribution in [0.2, 0.25) is 0 Å². The molecule has 0 fully saturated rings. The van der Waals surface area contributed by atoms with Crippen molar-refractivity contribution < 1.29 is 4.42 Å². The summed E-state index contributed by atoms with van der Waals surface area (Å²) in [7, 11) is 0. The monoisotopic (exact) mass is 267 g/mol. The maximum absolute atomic E-state index is 5.69. The average molecular weight is 267 g/mol. The van der Waals surface area contributed by atoms with Gasteiger partial charge in [0.15, 0.2) is 0 Å². The molecule has 3 N–H and O–H groups in total. The molecule has 20 heavy (non-hydrogen) atoms. The number of hydrazine groups is 1. The van der Waals surface area contributed by atoms with Crippen LogP contribution in [-0.4, -0.2) is 4.98 Å². The van der Waals surface area contributed by atoms with Crippen LogP contribution < -0.4 is 11.3 Å². The minimum absolute atomic E-state index is 0.0894. The molecule has 0 spiro atoms. The van der Waals surface area contributed by atoms with E-state index in [1.807, 2.05) is 18.2 Å². The fourth-order valence-corrected chi connectivity index (χ4v) is 2.39. The normalized spacial score (nSPS) is 12.7. The third-order valence-corrected chi connectivity index (χ3v) is 3.49. The van der Waals surface area contributed by atoms with Gasteiger partial charge in [0, 0.05) is 24.0 Å². The predicted molar refractivity (Wildman–Crippen MR) is 78.8 cm³/mol. The molecule has 0 aliphatic carbocycles. The maximum Gasteiger partial charge on any atom is 0.103 e. The highest BCUT2D eigenvalue weighted by atomic mass is 16.3. The van der Waals surface area contributed by atoms with Crippen LogP contribution in [0.15, 0.2) is 59.3 Å². The summed E-state index contributed by atoms with van der Waals surface area (Å²) in [6, 6.07) is 14.2. The van der Waals surface area contributed by atoms with Crippen LogP contribution in [0.1, 0.15) is 23.8 Å². The molecule has 4 heteroatoms. The molecule has 0 bridgehead atoms. The van der Waals surface area contributed by atoms with Crippen molar-refractivity contribution in [2.45, 2.75) is 18.9 Å². The van der Waals surface area contributed by atoms with Gasteiger partial charge < -0.3 is 4.42 Å². The third-order valence-electron chi connectivity index (χ3n) is 3.49. The Balaban J connectivity index is 1.79. The van der Waals surface area contributed by atoms with Gasteiger partial charge in [-0.05, 0) is 36.2 Å². The SMILES string of the molecule is NNC(CCc1ccco1)c1ccc2cccnc2c1. The molecule has 3 rings (SSSR count). The third kappa shape index (κ3) is 2.71. The van der Waals surface area contributed by atoms with Crippen molar-refractivity contribution in [2.75, 3.05) is 0 Å². The first kappa shape index (κ1) is 12.8. The molecular formula is C16H17N3O. The molecule has 0 aliphatic rings. The van der Waals surface area contributed by atoms with E-state index in [0.29, 0.717) is 0 Å². The van der Waals surface area contributed by atoms with E-state index in [2.05, 4.69) is 34.7 Å². The van der Waals surface area contributed by atoms with E-state index in [1.165, 1.54) is 0 Å². The number of nitrogens with one attached hydrogen (secondary N) is 1. The zero-order chi connectivity index (χ0) is 13.8. The summed E-state index contributed by atoms with van der Waals surface area (Å²) < 4.78 is 5.35. The lowest BCUT2D eigenvalue weighted by Gasteiger charge is -2.16. The lowest BCUT2D eigenvalue weighted by molar-refractivity contribution is 0.459. The van der Waals surface area contributed by atoms with Crippen molar-refractivity contribution in [3.8, 4) is 0 Å². The highest BCUT2D eigenvalue weighted by Gasteiger charge is 2.11. The molecule has 2 heterocycles. The quantitative estimate of drug-likeness (QED) is 0.551. The smallest absolute Gasteiger partial charge is 0.103 e. The number of nitrogens with two attached hydrogens (primary N) is 1. The number of pyridine rings is 1. The molecule has 3 aromatic rings. The number of hydrogen-bond donors (Lipinski definition) is 2. The van der Waals surface area contributed by atoms with Gasteiger partial charge in [0.1, 0.15) is 5.76 Å². The van der Waals surface area contributed by atoms with Crippen LogP contribution in [0.25, 0.3) is 10.9 Å². The van der Waals surface area contributed by atoms with Gasteiger partial charge in [-0.2, -0.15) is 0 Å². The Labute approximate surface area is 117 Å². The van der Waals surface area contributed by atoms with E-state index in [9.17, 15) is 0 Å². The summed E-state index contributed by atoms with van der Waals surface area (Å²) in [6.07, 6.45) is 5.23. The topological polar surface area (TPSA) is 64.1 Å². The van der Waals surface area contributed by atoms with E-state index in [0.717, 1.165) is 35.1 Å². The van der Waals surface area contributed by atoms with Gasteiger partial charge in [0.25, 0.3) is 0 Å². The second-order valence-electron chi connectivity index (χ2n) is 4.79. The fourth-order valence-electron chi connectivity index (χ4n) is 2.39. The van der Waals surface area contributed by atoms with Crippen LogP contribution >= 0.6 is 0 Å². The second-order valence-corrected chi connectivity index (χ2v) is 4.79. The number of fused-ring (bicyclic) bond motifs is 1. The Morgan fingerprint density at radius 3 is 2.95 bits per heavy atom. The number of rotatable bonds is 5. The van der Waals surface area contributed by atoms with Gasteiger partial charge in [-0.25, -0.2) is 0 Å². The van der Waals surface area contributed by atoms with E-state index in [1.54, 1.807) is 12.5 Å². The maximum atomic E-state index is 5.69. The Morgan fingerprint density at radius 2 is 2.15 bits per heavy atom. The van der Waals surface area contributed by atoms with Crippen molar-refractivity contribution in [1.82, 2.24) is 10.4 Å². The zero-order valence-electron chi connectivity index (χ0n) is 11.1. The van der Waals surface area contributed by atoms with E-state index < -0.39 is 0 Å². The number of aryl methyl sites for hydroxylation is 1. The largest absolute Gasteiger partial charge is 0.469 e. The summed E-state index contributed by atoms with van der Waals surface area (Å²) in [5, 5.41) is 1.14. The van der Waals surface area contributed by atoms with Crippen LogP contribution in [0, 0.1) is 0 Å². The molecule has 102 valence electrons. The first-order valence-corrected chi connectivity index (χ1v) is 6.70. The van der Waals surface area contributed by atoms with Gasteiger partial charge in [0.2, 0.25) is 0 Å². The van der Waals surface area contributed by atoms with Crippen molar-refractivity contribution in [1.29, 1.82) is 0 Å². The highest BCUT2D eigenvalue weighted by Crippen LogP contribution is 2.22. The molecule has 0 saturated carbocycles. The molecule has 1 aromatic carbocycles. The lowest BCUT2D eigenvalue weighted by Crippen LogP contribution is -2.28. The second kappa shape index (κ2) is 5.86. The predicted octanol–water partition coefficient (Wildman–Crippen LogP) is 2.97. The number of hydrogen-bond acceptors (Lipinski definition) is 4. The summed E-state index contributed by atoms with van der Waals surface area (Å²) in [4.78, 5) is 4.38. The Kier molecular flexibility index (Phi) is 3.76. The van der Waals surface area contributed by atoms with E-state index >= 15 is 0 Å². The van der Waals surface area contributed by atoms with Crippen LogP contribution in [0.3, 0.4) is 0 Å². The fraction of sp³-hybridized carbons (Fsp3) is 0.188. The molecule has 2 aromatic heterocycles. The summed E-state index contributed by atoms with van der Waals surface area (Å²) in [5.74, 6) is 6.66. The molecule has 1 unspecified atom stereocenters. The number of nitrogens with zero attached hydrogens (tertiary/aromatic N) is 1. The minimum Gasteiger partial charge on any atom is -0.469 e. The van der Waals surface area contributed by atoms with Gasteiger partial charge >= 0.3 is 0 Å². The minimum atomic E-state index is 0.0894. The first-order valence-electron chi connectivity index (χ1n) is 6.70.